The largest absolute Gasteiger partial charge is 0.374 e. The average Bonchev–Trinajstić information content (AvgIpc) is 2.99. The molecule has 3 aliphatic rings. The standard InChI is InChI=1S/C20H38N4O/c1-17(2)14-23-11-12-25-18(15-23)13-22-19(21-3)24-10-9-20(16-24)7-5-4-6-8-20/h17-18H,4-16H2,1-3H3,(H,21,22). The molecule has 144 valence electrons. The fraction of sp³-hybridized carbons (Fsp3) is 0.950. The van der Waals surface area contributed by atoms with Gasteiger partial charge in [-0.25, -0.2) is 0 Å². The van der Waals surface area contributed by atoms with E-state index < -0.39 is 0 Å². The average molecular weight is 351 g/mol. The first-order chi connectivity index (χ1) is 12.1. The van der Waals surface area contributed by atoms with E-state index >= 15 is 0 Å². The Bertz CT molecular complexity index is 445. The van der Waals surface area contributed by atoms with E-state index in [1.165, 1.54) is 51.6 Å². The van der Waals surface area contributed by atoms with Gasteiger partial charge in [0.15, 0.2) is 5.96 Å². The first kappa shape index (κ1) is 19.0. The molecule has 3 rings (SSSR count). The molecule has 5 heteroatoms. The van der Waals surface area contributed by atoms with Gasteiger partial charge in [0.1, 0.15) is 0 Å². The first-order valence-corrected chi connectivity index (χ1v) is 10.4. The molecule has 1 saturated carbocycles. The molecule has 0 aromatic heterocycles. The van der Waals surface area contributed by atoms with Crippen molar-refractivity contribution >= 4 is 5.96 Å². The third kappa shape index (κ3) is 5.10. The molecule has 1 atom stereocenters. The second kappa shape index (κ2) is 8.72. The van der Waals surface area contributed by atoms with Crippen LogP contribution in [0.1, 0.15) is 52.4 Å². The molecule has 1 spiro atoms. The second-order valence-electron chi connectivity index (χ2n) is 8.81. The Labute approximate surface area is 154 Å². The zero-order chi connectivity index (χ0) is 17.7. The summed E-state index contributed by atoms with van der Waals surface area (Å²) in [6.45, 7) is 11.9. The Morgan fingerprint density at radius 3 is 2.72 bits per heavy atom. The lowest BCUT2D eigenvalue weighted by atomic mass is 9.73. The maximum Gasteiger partial charge on any atom is 0.193 e. The lowest BCUT2D eigenvalue weighted by molar-refractivity contribution is -0.0286. The summed E-state index contributed by atoms with van der Waals surface area (Å²) in [6, 6.07) is 0. The molecule has 2 saturated heterocycles. The molecule has 0 amide bonds. The number of rotatable bonds is 4. The van der Waals surface area contributed by atoms with Crippen molar-refractivity contribution in [2.45, 2.75) is 58.5 Å². The van der Waals surface area contributed by atoms with Gasteiger partial charge in [-0.15, -0.1) is 0 Å². The van der Waals surface area contributed by atoms with Crippen LogP contribution in [0.5, 0.6) is 0 Å². The zero-order valence-electron chi connectivity index (χ0n) is 16.6. The topological polar surface area (TPSA) is 40.1 Å². The Kier molecular flexibility index (Phi) is 6.61. The lowest BCUT2D eigenvalue weighted by Gasteiger charge is -2.35. The van der Waals surface area contributed by atoms with Crippen LogP contribution in [0.2, 0.25) is 0 Å². The summed E-state index contributed by atoms with van der Waals surface area (Å²) in [6.07, 6.45) is 8.71. The van der Waals surface area contributed by atoms with Crippen LogP contribution in [0.25, 0.3) is 0 Å². The quantitative estimate of drug-likeness (QED) is 0.625. The minimum Gasteiger partial charge on any atom is -0.374 e. The van der Waals surface area contributed by atoms with Crippen molar-refractivity contribution in [3.05, 3.63) is 0 Å². The number of aliphatic imine (C=N–C) groups is 1. The Morgan fingerprint density at radius 1 is 1.20 bits per heavy atom. The molecule has 3 fully saturated rings. The van der Waals surface area contributed by atoms with E-state index in [2.05, 4.69) is 34.0 Å². The molecular formula is C20H38N4O. The number of ether oxygens (including phenoxy) is 1. The van der Waals surface area contributed by atoms with E-state index in [1.807, 2.05) is 7.05 Å². The minimum absolute atomic E-state index is 0.274. The van der Waals surface area contributed by atoms with Crippen LogP contribution >= 0.6 is 0 Å². The maximum atomic E-state index is 5.98. The summed E-state index contributed by atoms with van der Waals surface area (Å²) in [5.74, 6) is 1.79. The van der Waals surface area contributed by atoms with Crippen molar-refractivity contribution in [1.82, 2.24) is 15.1 Å². The van der Waals surface area contributed by atoms with Crippen molar-refractivity contribution in [2.24, 2.45) is 16.3 Å². The number of likely N-dealkylation sites (tertiary alicyclic amines) is 1. The van der Waals surface area contributed by atoms with Crippen LogP contribution in [-0.4, -0.2) is 74.8 Å². The van der Waals surface area contributed by atoms with E-state index in [0.29, 0.717) is 5.41 Å². The highest BCUT2D eigenvalue weighted by Crippen LogP contribution is 2.43. The molecule has 0 radical (unpaired) electrons. The van der Waals surface area contributed by atoms with Crippen LogP contribution in [-0.2, 0) is 4.74 Å². The SMILES string of the molecule is CN=C(NCC1CN(CC(C)C)CCO1)N1CCC2(CCCCC2)C1. The number of nitrogens with one attached hydrogen (secondary N) is 1. The number of morpholine rings is 1. The molecule has 0 bridgehead atoms. The van der Waals surface area contributed by atoms with Crippen molar-refractivity contribution in [3.8, 4) is 0 Å². The molecule has 25 heavy (non-hydrogen) atoms. The highest BCUT2D eigenvalue weighted by Gasteiger charge is 2.39. The smallest absolute Gasteiger partial charge is 0.193 e. The monoisotopic (exact) mass is 350 g/mol. The number of guanidine groups is 1. The predicted octanol–water partition coefficient (Wildman–Crippen LogP) is 2.57. The highest BCUT2D eigenvalue weighted by atomic mass is 16.5. The second-order valence-corrected chi connectivity index (χ2v) is 8.81. The number of hydrogen-bond donors (Lipinski definition) is 1. The summed E-state index contributed by atoms with van der Waals surface area (Å²) < 4.78 is 5.98. The zero-order valence-corrected chi connectivity index (χ0v) is 16.6. The van der Waals surface area contributed by atoms with E-state index in [4.69, 9.17) is 4.74 Å². The predicted molar refractivity (Wildman–Crippen MR) is 104 cm³/mol. The van der Waals surface area contributed by atoms with Gasteiger partial charge in [-0.1, -0.05) is 33.1 Å². The van der Waals surface area contributed by atoms with Gasteiger partial charge in [0.2, 0.25) is 0 Å². The van der Waals surface area contributed by atoms with Gasteiger partial charge in [-0.2, -0.15) is 0 Å². The molecule has 1 aliphatic carbocycles. The van der Waals surface area contributed by atoms with Crippen LogP contribution in [0.15, 0.2) is 4.99 Å². The van der Waals surface area contributed by atoms with Crippen molar-refractivity contribution < 1.29 is 4.74 Å². The Hall–Kier alpha value is -0.810. The van der Waals surface area contributed by atoms with Crippen molar-refractivity contribution in [2.75, 3.05) is 52.9 Å². The van der Waals surface area contributed by atoms with Crippen LogP contribution < -0.4 is 5.32 Å². The van der Waals surface area contributed by atoms with E-state index in [1.54, 1.807) is 0 Å². The minimum atomic E-state index is 0.274. The van der Waals surface area contributed by atoms with Gasteiger partial charge >= 0.3 is 0 Å². The molecule has 1 N–H and O–H groups in total. The fourth-order valence-corrected chi connectivity index (χ4v) is 4.95. The first-order valence-electron chi connectivity index (χ1n) is 10.4. The van der Waals surface area contributed by atoms with Crippen molar-refractivity contribution in [1.29, 1.82) is 0 Å². The van der Waals surface area contributed by atoms with Gasteiger partial charge in [0.25, 0.3) is 0 Å². The Morgan fingerprint density at radius 2 is 2.00 bits per heavy atom. The molecular weight excluding hydrogens is 312 g/mol. The van der Waals surface area contributed by atoms with Gasteiger partial charge < -0.3 is 15.0 Å². The molecule has 2 aliphatic heterocycles. The highest BCUT2D eigenvalue weighted by molar-refractivity contribution is 5.80. The van der Waals surface area contributed by atoms with E-state index in [0.717, 1.165) is 44.7 Å². The summed E-state index contributed by atoms with van der Waals surface area (Å²) >= 11 is 0. The molecule has 2 heterocycles. The van der Waals surface area contributed by atoms with E-state index in [-0.39, 0.29) is 6.10 Å². The third-order valence-corrected chi connectivity index (χ3v) is 6.20. The van der Waals surface area contributed by atoms with Gasteiger partial charge in [-0.05, 0) is 30.6 Å². The normalized spacial score (nSPS) is 28.1. The van der Waals surface area contributed by atoms with Gasteiger partial charge in [0, 0.05) is 46.3 Å². The summed E-state index contributed by atoms with van der Waals surface area (Å²) in [5.41, 5.74) is 0.575. The molecule has 0 aromatic carbocycles. The lowest BCUT2D eigenvalue weighted by Crippen LogP contribution is -2.50. The maximum absolute atomic E-state index is 5.98. The Balaban J connectivity index is 1.46. The van der Waals surface area contributed by atoms with Crippen LogP contribution in [0.3, 0.4) is 0 Å². The molecule has 1 unspecified atom stereocenters. The molecule has 5 nitrogen and oxygen atoms in total. The summed E-state index contributed by atoms with van der Waals surface area (Å²) in [7, 11) is 1.92. The van der Waals surface area contributed by atoms with E-state index in [9.17, 15) is 0 Å². The van der Waals surface area contributed by atoms with Gasteiger partial charge in [0.05, 0.1) is 12.7 Å². The number of nitrogens with zero attached hydrogens (tertiary/aromatic N) is 3. The fourth-order valence-electron chi connectivity index (χ4n) is 4.95. The van der Waals surface area contributed by atoms with Crippen LogP contribution in [0, 0.1) is 11.3 Å². The summed E-state index contributed by atoms with van der Waals surface area (Å²) in [5, 5.41) is 3.60. The molecule has 0 aromatic rings. The summed E-state index contributed by atoms with van der Waals surface area (Å²) in [4.78, 5) is 9.59. The number of hydrogen-bond acceptors (Lipinski definition) is 3. The van der Waals surface area contributed by atoms with Crippen molar-refractivity contribution in [3.63, 3.8) is 0 Å². The third-order valence-electron chi connectivity index (χ3n) is 6.20. The van der Waals surface area contributed by atoms with Crippen LogP contribution in [0.4, 0.5) is 0 Å². The van der Waals surface area contributed by atoms with Gasteiger partial charge in [-0.3, -0.25) is 9.89 Å².